The topological polar surface area (TPSA) is 76.1 Å². The van der Waals surface area contributed by atoms with Crippen LogP contribution in [0.2, 0.25) is 0 Å². The van der Waals surface area contributed by atoms with Crippen LogP contribution in [0, 0.1) is 24.7 Å². The smallest absolute Gasteiger partial charge is 0.322 e. The number of esters is 2. The molecule has 7 heteroatoms. The van der Waals surface area contributed by atoms with Gasteiger partial charge in [0.05, 0.1) is 26.3 Å². The molecule has 2 aliphatic heterocycles. The van der Waals surface area contributed by atoms with E-state index in [9.17, 15) is 14.4 Å². The number of nitrogens with zero attached hydrogens (tertiary/aromatic N) is 2. The van der Waals surface area contributed by atoms with Crippen molar-refractivity contribution in [3.05, 3.63) is 70.8 Å². The molecule has 2 bridgehead atoms. The van der Waals surface area contributed by atoms with Crippen LogP contribution in [0.1, 0.15) is 34.3 Å². The molecule has 180 valence electrons. The van der Waals surface area contributed by atoms with Crippen molar-refractivity contribution in [1.29, 1.82) is 0 Å². The molecule has 2 aliphatic rings. The van der Waals surface area contributed by atoms with Crippen LogP contribution in [0.4, 0.5) is 0 Å². The summed E-state index contributed by atoms with van der Waals surface area (Å²) in [5.74, 6) is -1.72. The van der Waals surface area contributed by atoms with E-state index in [1.165, 1.54) is 14.2 Å². The zero-order chi connectivity index (χ0) is 24.8. The molecule has 4 atom stereocenters. The number of ether oxygens (including phenoxy) is 2. The molecule has 2 heterocycles. The predicted molar refractivity (Wildman–Crippen MR) is 127 cm³/mol. The Hall–Kier alpha value is -3.03. The van der Waals surface area contributed by atoms with Gasteiger partial charge in [-0.2, -0.15) is 0 Å². The highest BCUT2D eigenvalue weighted by Crippen LogP contribution is 2.60. The van der Waals surface area contributed by atoms with Gasteiger partial charge in [-0.3, -0.25) is 19.3 Å². The fraction of sp³-hybridized carbons (Fsp3) is 0.444. The molecule has 0 aromatic heterocycles. The molecule has 2 fully saturated rings. The van der Waals surface area contributed by atoms with Gasteiger partial charge in [0, 0.05) is 13.1 Å². The van der Waals surface area contributed by atoms with Crippen molar-refractivity contribution in [1.82, 2.24) is 9.80 Å². The van der Waals surface area contributed by atoms with E-state index in [1.807, 2.05) is 86.3 Å². The average molecular weight is 465 g/mol. The lowest BCUT2D eigenvalue weighted by molar-refractivity contribution is -0.202. The monoisotopic (exact) mass is 464 g/mol. The number of ketones is 1. The number of fused-ring (bicyclic) bond motifs is 2. The van der Waals surface area contributed by atoms with Crippen LogP contribution in [0.15, 0.2) is 48.5 Å². The molecule has 34 heavy (non-hydrogen) atoms. The maximum atomic E-state index is 14.6. The zero-order valence-corrected chi connectivity index (χ0v) is 20.6. The number of carbonyl (C=O) groups is 3. The Bertz CT molecular complexity index is 1060. The van der Waals surface area contributed by atoms with Gasteiger partial charge in [0.2, 0.25) is 0 Å². The first-order valence-corrected chi connectivity index (χ1v) is 11.4. The summed E-state index contributed by atoms with van der Waals surface area (Å²) >= 11 is 0. The molecule has 2 saturated heterocycles. The molecule has 0 amide bonds. The van der Waals surface area contributed by atoms with Crippen LogP contribution in [0.5, 0.6) is 0 Å². The van der Waals surface area contributed by atoms with Crippen LogP contribution >= 0.6 is 0 Å². The van der Waals surface area contributed by atoms with Crippen LogP contribution in [-0.4, -0.2) is 68.9 Å². The molecular formula is C27H32N2O5. The number of likely N-dealkylation sites (tertiary alicyclic amines) is 2. The van der Waals surface area contributed by atoms with Crippen LogP contribution < -0.4 is 0 Å². The fourth-order valence-corrected chi connectivity index (χ4v) is 6.34. The minimum atomic E-state index is -1.60. The van der Waals surface area contributed by atoms with Crippen molar-refractivity contribution in [2.24, 2.45) is 10.8 Å². The minimum absolute atomic E-state index is 0.140. The van der Waals surface area contributed by atoms with E-state index in [1.54, 1.807) is 0 Å². The van der Waals surface area contributed by atoms with Crippen LogP contribution in [-0.2, 0) is 23.9 Å². The largest absolute Gasteiger partial charge is 0.468 e. The molecule has 0 spiro atoms. The van der Waals surface area contributed by atoms with Gasteiger partial charge >= 0.3 is 11.9 Å². The standard InChI is InChI=1S/C27H32N2O5/c1-17-9-7-11-19(13-17)21-26(24(31)33-5)15-28(3)16-27(23(26)30,25(32)34-6)22(29(21)4)20-12-8-10-18(2)14-20/h7-14,21-22H,15-16H2,1-6H3/t21?,22?,26-,27+. The van der Waals surface area contributed by atoms with Crippen molar-refractivity contribution in [3.8, 4) is 0 Å². The molecule has 4 rings (SSSR count). The third-order valence-electron chi connectivity index (χ3n) is 7.41. The summed E-state index contributed by atoms with van der Waals surface area (Å²) in [7, 11) is 6.29. The summed E-state index contributed by atoms with van der Waals surface area (Å²) in [6, 6.07) is 14.4. The summed E-state index contributed by atoms with van der Waals surface area (Å²) < 4.78 is 10.5. The predicted octanol–water partition coefficient (Wildman–Crippen LogP) is 2.86. The SMILES string of the molecule is COC(=O)[C@@]12CN(C)C[C@@](C(=O)OC)(C1=O)C(c1cccc(C)c1)N(C)C2c1cccc(C)c1. The van der Waals surface area contributed by atoms with Crippen molar-refractivity contribution >= 4 is 17.7 Å². The number of benzene rings is 2. The highest BCUT2D eigenvalue weighted by molar-refractivity contribution is 6.17. The molecule has 2 aromatic carbocycles. The Balaban J connectivity index is 2.09. The van der Waals surface area contributed by atoms with Gasteiger partial charge in [-0.1, -0.05) is 59.7 Å². The molecule has 0 radical (unpaired) electrons. The van der Waals surface area contributed by atoms with E-state index >= 15 is 0 Å². The van der Waals surface area contributed by atoms with Crippen molar-refractivity contribution < 1.29 is 23.9 Å². The lowest BCUT2D eigenvalue weighted by Crippen LogP contribution is -2.75. The highest BCUT2D eigenvalue weighted by Gasteiger charge is 2.74. The van der Waals surface area contributed by atoms with Crippen molar-refractivity contribution in [2.75, 3.05) is 41.4 Å². The van der Waals surface area contributed by atoms with Crippen LogP contribution in [0.3, 0.4) is 0 Å². The fourth-order valence-electron chi connectivity index (χ4n) is 6.34. The first-order valence-electron chi connectivity index (χ1n) is 11.4. The Morgan fingerprint density at radius 1 is 0.824 bits per heavy atom. The lowest BCUT2D eigenvalue weighted by atomic mass is 9.54. The number of hydrogen-bond acceptors (Lipinski definition) is 7. The quantitative estimate of drug-likeness (QED) is 0.509. The summed E-state index contributed by atoms with van der Waals surface area (Å²) in [4.78, 5) is 45.7. The third kappa shape index (κ3) is 3.29. The van der Waals surface area contributed by atoms with Gasteiger partial charge in [-0.15, -0.1) is 0 Å². The van der Waals surface area contributed by atoms with Gasteiger partial charge < -0.3 is 14.4 Å². The maximum Gasteiger partial charge on any atom is 0.322 e. The zero-order valence-electron chi connectivity index (χ0n) is 20.6. The van der Waals surface area contributed by atoms with Crippen molar-refractivity contribution in [2.45, 2.75) is 25.9 Å². The summed E-state index contributed by atoms with van der Waals surface area (Å²) in [6.45, 7) is 4.23. The number of piperidine rings is 2. The molecule has 2 unspecified atom stereocenters. The molecular weight excluding hydrogens is 432 g/mol. The average Bonchev–Trinajstić information content (AvgIpc) is 2.80. The number of methoxy groups -OCH3 is 2. The molecule has 2 aromatic rings. The Labute approximate surface area is 200 Å². The normalized spacial score (nSPS) is 29.5. The number of rotatable bonds is 4. The Morgan fingerprint density at radius 2 is 1.24 bits per heavy atom. The summed E-state index contributed by atoms with van der Waals surface area (Å²) in [5.41, 5.74) is 0.483. The van der Waals surface area contributed by atoms with E-state index in [0.717, 1.165) is 22.3 Å². The second kappa shape index (κ2) is 8.64. The minimum Gasteiger partial charge on any atom is -0.468 e. The number of carbonyl (C=O) groups excluding carboxylic acids is 3. The van der Waals surface area contributed by atoms with E-state index in [2.05, 4.69) is 0 Å². The van der Waals surface area contributed by atoms with Gasteiger partial charge in [0.25, 0.3) is 0 Å². The first-order chi connectivity index (χ1) is 16.1. The summed E-state index contributed by atoms with van der Waals surface area (Å²) in [6.07, 6.45) is 0. The number of hydrogen-bond donors (Lipinski definition) is 0. The third-order valence-corrected chi connectivity index (χ3v) is 7.41. The first kappa shape index (κ1) is 24.1. The molecule has 0 aliphatic carbocycles. The van der Waals surface area contributed by atoms with Gasteiger partial charge in [0.1, 0.15) is 0 Å². The number of Topliss-reactive ketones (excluding diaryl/α,β-unsaturated/α-hetero) is 1. The van der Waals surface area contributed by atoms with E-state index < -0.39 is 40.6 Å². The van der Waals surface area contributed by atoms with Gasteiger partial charge in [-0.05, 0) is 39.1 Å². The second-order valence-corrected chi connectivity index (χ2v) is 9.73. The maximum absolute atomic E-state index is 14.6. The molecule has 0 N–H and O–H groups in total. The second-order valence-electron chi connectivity index (χ2n) is 9.73. The van der Waals surface area contributed by atoms with Crippen molar-refractivity contribution in [3.63, 3.8) is 0 Å². The molecule has 0 saturated carbocycles. The Morgan fingerprint density at radius 3 is 1.59 bits per heavy atom. The van der Waals surface area contributed by atoms with Gasteiger partial charge in [0.15, 0.2) is 16.6 Å². The lowest BCUT2D eigenvalue weighted by Gasteiger charge is -2.60. The van der Waals surface area contributed by atoms with E-state index in [4.69, 9.17) is 9.47 Å². The highest BCUT2D eigenvalue weighted by atomic mass is 16.5. The number of aryl methyl sites for hydroxylation is 2. The van der Waals surface area contributed by atoms with E-state index in [0.29, 0.717) is 0 Å². The van der Waals surface area contributed by atoms with Crippen LogP contribution in [0.25, 0.3) is 0 Å². The molecule has 7 nitrogen and oxygen atoms in total. The Kier molecular flexibility index (Phi) is 6.12. The summed E-state index contributed by atoms with van der Waals surface area (Å²) in [5, 5.41) is 0. The van der Waals surface area contributed by atoms with E-state index in [-0.39, 0.29) is 13.1 Å². The van der Waals surface area contributed by atoms with Gasteiger partial charge in [-0.25, -0.2) is 0 Å².